The number of aliphatic hydroxyl groups is 1. The highest BCUT2D eigenvalue weighted by atomic mass is 16.3. The molecule has 1 atom stereocenters. The fraction of sp³-hybridized carbons (Fsp3) is 0.500. The maximum atomic E-state index is 9.77. The van der Waals surface area contributed by atoms with Crippen LogP contribution in [0.2, 0.25) is 0 Å². The molecule has 14 heavy (non-hydrogen) atoms. The summed E-state index contributed by atoms with van der Waals surface area (Å²) in [6.45, 7) is 0.537. The molecule has 2 rings (SSSR count). The summed E-state index contributed by atoms with van der Waals surface area (Å²) in [5, 5.41) is 9.77. The van der Waals surface area contributed by atoms with Crippen molar-refractivity contribution < 1.29 is 5.11 Å². The molecule has 1 aromatic rings. The lowest BCUT2D eigenvalue weighted by molar-refractivity contribution is 0.170. The molecule has 2 heteroatoms. The summed E-state index contributed by atoms with van der Waals surface area (Å²) in [5.74, 6) is 0.750. The summed E-state index contributed by atoms with van der Waals surface area (Å²) in [6, 6.07) is 8.28. The maximum Gasteiger partial charge on any atom is 0.0802 e. The molecular weight excluding hydrogens is 174 g/mol. The van der Waals surface area contributed by atoms with Crippen LogP contribution in [0.5, 0.6) is 0 Å². The van der Waals surface area contributed by atoms with E-state index in [1.54, 1.807) is 0 Å². The van der Waals surface area contributed by atoms with Crippen molar-refractivity contribution in [3.05, 3.63) is 35.4 Å². The maximum absolute atomic E-state index is 9.77. The average Bonchev–Trinajstić information content (AvgIpc) is 3.02. The average molecular weight is 191 g/mol. The molecule has 2 nitrogen and oxygen atoms in total. The summed E-state index contributed by atoms with van der Waals surface area (Å²) in [7, 11) is 0. The molecule has 1 aliphatic carbocycles. The van der Waals surface area contributed by atoms with Crippen molar-refractivity contribution in [2.75, 3.05) is 6.54 Å². The van der Waals surface area contributed by atoms with Crippen LogP contribution >= 0.6 is 0 Å². The Morgan fingerprint density at radius 1 is 1.43 bits per heavy atom. The second-order valence-electron chi connectivity index (χ2n) is 4.04. The van der Waals surface area contributed by atoms with E-state index in [-0.39, 0.29) is 0 Å². The van der Waals surface area contributed by atoms with Gasteiger partial charge in [0.25, 0.3) is 0 Å². The highest BCUT2D eigenvalue weighted by Crippen LogP contribution is 2.40. The van der Waals surface area contributed by atoms with Crippen LogP contribution in [0.1, 0.15) is 42.4 Å². The Morgan fingerprint density at radius 3 is 2.86 bits per heavy atom. The Hall–Kier alpha value is -0.860. The van der Waals surface area contributed by atoms with Gasteiger partial charge in [-0.25, -0.2) is 0 Å². The van der Waals surface area contributed by atoms with Crippen LogP contribution in [-0.4, -0.2) is 11.7 Å². The van der Waals surface area contributed by atoms with Crippen LogP contribution < -0.4 is 5.73 Å². The predicted octanol–water partition coefficient (Wildman–Crippen LogP) is 1.95. The van der Waals surface area contributed by atoms with Gasteiger partial charge in [-0.3, -0.25) is 0 Å². The standard InChI is InChI=1S/C12H17NO/c13-7-6-12(14)11-3-1-2-10(8-11)9-4-5-9/h1-3,8-9,12,14H,4-7,13H2. The number of hydrogen-bond donors (Lipinski definition) is 2. The van der Waals surface area contributed by atoms with E-state index in [1.807, 2.05) is 12.1 Å². The Labute approximate surface area is 84.7 Å². The quantitative estimate of drug-likeness (QED) is 0.764. The second kappa shape index (κ2) is 4.11. The van der Waals surface area contributed by atoms with E-state index in [0.717, 1.165) is 11.5 Å². The summed E-state index contributed by atoms with van der Waals surface area (Å²) >= 11 is 0. The zero-order valence-corrected chi connectivity index (χ0v) is 8.32. The zero-order valence-electron chi connectivity index (χ0n) is 8.32. The molecule has 1 unspecified atom stereocenters. The molecule has 0 saturated heterocycles. The predicted molar refractivity (Wildman–Crippen MR) is 57.0 cm³/mol. The zero-order chi connectivity index (χ0) is 9.97. The minimum atomic E-state index is -0.390. The van der Waals surface area contributed by atoms with E-state index in [4.69, 9.17) is 5.73 Å². The molecule has 76 valence electrons. The monoisotopic (exact) mass is 191 g/mol. The van der Waals surface area contributed by atoms with Crippen molar-refractivity contribution in [1.82, 2.24) is 0 Å². The molecule has 1 fully saturated rings. The third-order valence-corrected chi connectivity index (χ3v) is 2.78. The van der Waals surface area contributed by atoms with Gasteiger partial charge in [0, 0.05) is 0 Å². The summed E-state index contributed by atoms with van der Waals surface area (Å²) < 4.78 is 0. The molecule has 0 radical (unpaired) electrons. The third kappa shape index (κ3) is 2.14. The Kier molecular flexibility index (Phi) is 2.85. The van der Waals surface area contributed by atoms with E-state index in [2.05, 4.69) is 12.1 Å². The summed E-state index contributed by atoms with van der Waals surface area (Å²) in [5.41, 5.74) is 7.80. The van der Waals surface area contributed by atoms with E-state index in [1.165, 1.54) is 18.4 Å². The Bertz CT molecular complexity index is 307. The molecule has 0 aromatic heterocycles. The van der Waals surface area contributed by atoms with Gasteiger partial charge in [-0.15, -0.1) is 0 Å². The number of rotatable bonds is 4. The first-order chi connectivity index (χ1) is 6.81. The van der Waals surface area contributed by atoms with Crippen LogP contribution in [0.15, 0.2) is 24.3 Å². The SMILES string of the molecule is NCCC(O)c1cccc(C2CC2)c1. The number of benzene rings is 1. The molecule has 0 amide bonds. The number of aliphatic hydroxyl groups excluding tert-OH is 1. The van der Waals surface area contributed by atoms with Gasteiger partial charge < -0.3 is 10.8 Å². The van der Waals surface area contributed by atoms with Crippen LogP contribution in [0.4, 0.5) is 0 Å². The van der Waals surface area contributed by atoms with Gasteiger partial charge >= 0.3 is 0 Å². The van der Waals surface area contributed by atoms with Gasteiger partial charge in [0.2, 0.25) is 0 Å². The molecule has 0 spiro atoms. The van der Waals surface area contributed by atoms with Crippen molar-refractivity contribution in [3.63, 3.8) is 0 Å². The molecule has 0 heterocycles. The minimum Gasteiger partial charge on any atom is -0.388 e. The van der Waals surface area contributed by atoms with E-state index in [0.29, 0.717) is 13.0 Å². The lowest BCUT2D eigenvalue weighted by Crippen LogP contribution is -2.06. The van der Waals surface area contributed by atoms with E-state index >= 15 is 0 Å². The Morgan fingerprint density at radius 2 is 2.21 bits per heavy atom. The first-order valence-electron chi connectivity index (χ1n) is 5.29. The van der Waals surface area contributed by atoms with Gasteiger partial charge in [0.15, 0.2) is 0 Å². The first kappa shape index (κ1) is 9.69. The van der Waals surface area contributed by atoms with Crippen molar-refractivity contribution >= 4 is 0 Å². The van der Waals surface area contributed by atoms with Crippen LogP contribution in [0.3, 0.4) is 0 Å². The van der Waals surface area contributed by atoms with Gasteiger partial charge in [-0.05, 0) is 42.9 Å². The Balaban J connectivity index is 2.12. The highest BCUT2D eigenvalue weighted by molar-refractivity contribution is 5.30. The van der Waals surface area contributed by atoms with Gasteiger partial charge in [0.1, 0.15) is 0 Å². The summed E-state index contributed by atoms with van der Waals surface area (Å²) in [6.07, 6.45) is 2.86. The van der Waals surface area contributed by atoms with E-state index < -0.39 is 6.10 Å². The largest absolute Gasteiger partial charge is 0.388 e. The lowest BCUT2D eigenvalue weighted by atomic mass is 10.0. The molecule has 1 saturated carbocycles. The molecule has 0 aliphatic heterocycles. The van der Waals surface area contributed by atoms with Crippen LogP contribution in [-0.2, 0) is 0 Å². The number of nitrogens with two attached hydrogens (primary N) is 1. The fourth-order valence-corrected chi connectivity index (χ4v) is 1.76. The number of hydrogen-bond acceptors (Lipinski definition) is 2. The van der Waals surface area contributed by atoms with Crippen molar-refractivity contribution in [2.45, 2.75) is 31.3 Å². The normalized spacial score (nSPS) is 18.1. The second-order valence-corrected chi connectivity index (χ2v) is 4.04. The van der Waals surface area contributed by atoms with E-state index in [9.17, 15) is 5.11 Å². The summed E-state index contributed by atoms with van der Waals surface area (Å²) in [4.78, 5) is 0. The smallest absolute Gasteiger partial charge is 0.0802 e. The van der Waals surface area contributed by atoms with Crippen molar-refractivity contribution in [1.29, 1.82) is 0 Å². The van der Waals surface area contributed by atoms with Crippen molar-refractivity contribution in [3.8, 4) is 0 Å². The lowest BCUT2D eigenvalue weighted by Gasteiger charge is -2.10. The van der Waals surface area contributed by atoms with Gasteiger partial charge in [0.05, 0.1) is 6.10 Å². The minimum absolute atomic E-state index is 0.390. The van der Waals surface area contributed by atoms with Crippen LogP contribution in [0.25, 0.3) is 0 Å². The third-order valence-electron chi connectivity index (χ3n) is 2.78. The van der Waals surface area contributed by atoms with Crippen molar-refractivity contribution in [2.24, 2.45) is 5.73 Å². The topological polar surface area (TPSA) is 46.2 Å². The fourth-order valence-electron chi connectivity index (χ4n) is 1.76. The molecular formula is C12H17NO. The molecule has 1 aliphatic rings. The molecule has 3 N–H and O–H groups in total. The molecule has 1 aromatic carbocycles. The van der Waals surface area contributed by atoms with Gasteiger partial charge in [-0.1, -0.05) is 24.3 Å². The highest BCUT2D eigenvalue weighted by Gasteiger charge is 2.23. The first-order valence-corrected chi connectivity index (χ1v) is 5.29. The van der Waals surface area contributed by atoms with Crippen LogP contribution in [0, 0.1) is 0 Å². The molecule has 0 bridgehead atoms. The van der Waals surface area contributed by atoms with Gasteiger partial charge in [-0.2, -0.15) is 0 Å².